The molecular formula is C24H27NO2. The van der Waals surface area contributed by atoms with Gasteiger partial charge in [-0.2, -0.15) is 0 Å². The molecule has 3 heteroatoms. The zero-order valence-electron chi connectivity index (χ0n) is 16.8. The average Bonchev–Trinajstić information content (AvgIpc) is 2.99. The molecule has 1 aliphatic rings. The molecule has 1 unspecified atom stereocenters. The summed E-state index contributed by atoms with van der Waals surface area (Å²) in [7, 11) is 1.70. The zero-order chi connectivity index (χ0) is 19.2. The summed E-state index contributed by atoms with van der Waals surface area (Å²) in [5, 5.41) is 2.44. The Morgan fingerprint density at radius 1 is 1.22 bits per heavy atom. The van der Waals surface area contributed by atoms with Crippen LogP contribution in [0.15, 0.2) is 42.0 Å². The molecule has 0 amide bonds. The first-order valence-electron chi connectivity index (χ1n) is 9.55. The van der Waals surface area contributed by atoms with Crippen molar-refractivity contribution >= 4 is 27.9 Å². The van der Waals surface area contributed by atoms with Crippen molar-refractivity contribution in [2.75, 3.05) is 7.11 Å². The molecular weight excluding hydrogens is 334 g/mol. The van der Waals surface area contributed by atoms with Crippen molar-refractivity contribution in [3.8, 4) is 11.5 Å². The van der Waals surface area contributed by atoms with E-state index in [2.05, 4.69) is 63.0 Å². The lowest BCUT2D eigenvalue weighted by atomic mass is 9.92. The lowest BCUT2D eigenvalue weighted by Crippen LogP contribution is -2.32. The predicted molar refractivity (Wildman–Crippen MR) is 114 cm³/mol. The summed E-state index contributed by atoms with van der Waals surface area (Å²) in [6.07, 6.45) is 8.70. The van der Waals surface area contributed by atoms with E-state index in [1.54, 1.807) is 7.11 Å². The van der Waals surface area contributed by atoms with E-state index in [0.29, 0.717) is 0 Å². The number of aromatic amines is 1. The Kier molecular flexibility index (Phi) is 4.26. The number of methoxy groups -OCH3 is 1. The second kappa shape index (κ2) is 6.49. The van der Waals surface area contributed by atoms with Crippen LogP contribution in [0.3, 0.4) is 0 Å². The highest BCUT2D eigenvalue weighted by Crippen LogP contribution is 2.42. The largest absolute Gasteiger partial charge is 0.497 e. The van der Waals surface area contributed by atoms with Crippen LogP contribution in [0, 0.1) is 6.92 Å². The van der Waals surface area contributed by atoms with Crippen molar-refractivity contribution < 1.29 is 9.47 Å². The Hall–Kier alpha value is -2.68. The van der Waals surface area contributed by atoms with Gasteiger partial charge in [0, 0.05) is 22.4 Å². The van der Waals surface area contributed by atoms with Crippen LogP contribution >= 0.6 is 0 Å². The molecule has 1 aromatic heterocycles. The molecule has 0 spiro atoms. The van der Waals surface area contributed by atoms with Crippen LogP contribution in [0.2, 0.25) is 0 Å². The van der Waals surface area contributed by atoms with Crippen LogP contribution in [0.5, 0.6) is 11.5 Å². The van der Waals surface area contributed by atoms with E-state index < -0.39 is 0 Å². The molecule has 140 valence electrons. The number of ether oxygens (including phenoxy) is 2. The molecule has 4 rings (SSSR count). The molecule has 0 bridgehead atoms. The molecule has 1 aliphatic heterocycles. The smallest absolute Gasteiger partial charge is 0.132 e. The lowest BCUT2D eigenvalue weighted by molar-refractivity contribution is 0.128. The summed E-state index contributed by atoms with van der Waals surface area (Å²) >= 11 is 0. The third-order valence-corrected chi connectivity index (χ3v) is 5.41. The molecule has 3 aromatic rings. The number of H-pyrrole nitrogens is 1. The molecule has 27 heavy (non-hydrogen) atoms. The van der Waals surface area contributed by atoms with Gasteiger partial charge in [0.2, 0.25) is 0 Å². The SMILES string of the molecule is COc1ccc2c(c1)[nH]c1c3c(c(C)cc12)OC(C)(CCC=C(C)C)C=C3. The summed E-state index contributed by atoms with van der Waals surface area (Å²) in [5.41, 5.74) is 5.60. The number of allylic oxidation sites excluding steroid dienone is 2. The Bertz CT molecular complexity index is 1080. The summed E-state index contributed by atoms with van der Waals surface area (Å²) in [6, 6.07) is 8.41. The Balaban J connectivity index is 1.80. The van der Waals surface area contributed by atoms with Crippen LogP contribution in [0.25, 0.3) is 27.9 Å². The molecule has 1 N–H and O–H groups in total. The lowest BCUT2D eigenvalue weighted by Gasteiger charge is -2.32. The fraction of sp³-hybridized carbons (Fsp3) is 0.333. The van der Waals surface area contributed by atoms with Crippen LogP contribution < -0.4 is 9.47 Å². The van der Waals surface area contributed by atoms with Crippen molar-refractivity contribution in [2.24, 2.45) is 0 Å². The van der Waals surface area contributed by atoms with Gasteiger partial charge in [-0.05, 0) is 76.5 Å². The predicted octanol–water partition coefficient (Wildman–Crippen LogP) is 6.55. The zero-order valence-corrected chi connectivity index (χ0v) is 16.8. The van der Waals surface area contributed by atoms with Crippen molar-refractivity contribution in [3.05, 3.63) is 53.1 Å². The van der Waals surface area contributed by atoms with E-state index >= 15 is 0 Å². The van der Waals surface area contributed by atoms with Gasteiger partial charge in [-0.15, -0.1) is 0 Å². The van der Waals surface area contributed by atoms with Crippen molar-refractivity contribution in [3.63, 3.8) is 0 Å². The van der Waals surface area contributed by atoms with Crippen LogP contribution in [-0.2, 0) is 0 Å². The van der Waals surface area contributed by atoms with Crippen molar-refractivity contribution in [1.29, 1.82) is 0 Å². The number of benzene rings is 2. The first-order chi connectivity index (χ1) is 12.9. The summed E-state index contributed by atoms with van der Waals surface area (Å²) < 4.78 is 11.9. The standard InChI is InChI=1S/C24H27NO2/c1-15(2)7-6-11-24(4)12-10-19-22-20(13-16(3)23(19)27-24)18-9-8-17(26-5)14-21(18)25-22/h7-10,12-14,25H,6,11H2,1-5H3. The Morgan fingerprint density at radius 2 is 2.04 bits per heavy atom. The molecule has 0 fully saturated rings. The minimum Gasteiger partial charge on any atom is -0.497 e. The molecule has 0 radical (unpaired) electrons. The van der Waals surface area contributed by atoms with E-state index in [9.17, 15) is 0 Å². The first-order valence-corrected chi connectivity index (χ1v) is 9.55. The summed E-state index contributed by atoms with van der Waals surface area (Å²) in [6.45, 7) is 8.59. The maximum absolute atomic E-state index is 6.52. The average molecular weight is 361 g/mol. The fourth-order valence-corrected chi connectivity index (χ4v) is 3.90. The maximum atomic E-state index is 6.52. The van der Waals surface area contributed by atoms with Crippen LogP contribution in [0.4, 0.5) is 0 Å². The molecule has 0 aliphatic carbocycles. The monoisotopic (exact) mass is 361 g/mol. The van der Waals surface area contributed by atoms with E-state index in [1.165, 1.54) is 21.9 Å². The second-order valence-electron chi connectivity index (χ2n) is 7.96. The van der Waals surface area contributed by atoms with Crippen molar-refractivity contribution in [2.45, 2.75) is 46.1 Å². The van der Waals surface area contributed by atoms with Gasteiger partial charge in [-0.1, -0.05) is 11.6 Å². The number of rotatable bonds is 4. The van der Waals surface area contributed by atoms with Gasteiger partial charge in [0.15, 0.2) is 0 Å². The van der Waals surface area contributed by atoms with Gasteiger partial charge < -0.3 is 14.5 Å². The van der Waals surface area contributed by atoms with Gasteiger partial charge >= 0.3 is 0 Å². The van der Waals surface area contributed by atoms with E-state index in [0.717, 1.165) is 40.9 Å². The number of nitrogens with one attached hydrogen (secondary N) is 1. The molecule has 2 aromatic carbocycles. The maximum Gasteiger partial charge on any atom is 0.132 e. The van der Waals surface area contributed by atoms with Crippen molar-refractivity contribution in [1.82, 2.24) is 4.98 Å². The van der Waals surface area contributed by atoms with Gasteiger partial charge in [0.25, 0.3) is 0 Å². The third-order valence-electron chi connectivity index (χ3n) is 5.41. The van der Waals surface area contributed by atoms with E-state index in [4.69, 9.17) is 9.47 Å². The van der Waals surface area contributed by atoms with Gasteiger partial charge in [-0.3, -0.25) is 0 Å². The van der Waals surface area contributed by atoms with E-state index in [-0.39, 0.29) is 5.60 Å². The number of hydrogen-bond donors (Lipinski definition) is 1. The number of fused-ring (bicyclic) bond motifs is 5. The molecule has 2 heterocycles. The number of aryl methyl sites for hydroxylation is 1. The van der Waals surface area contributed by atoms with Gasteiger partial charge in [-0.25, -0.2) is 0 Å². The quantitative estimate of drug-likeness (QED) is 0.535. The molecule has 0 saturated carbocycles. The normalized spacial score (nSPS) is 18.4. The van der Waals surface area contributed by atoms with Gasteiger partial charge in [0.05, 0.1) is 18.1 Å². The third kappa shape index (κ3) is 3.12. The Morgan fingerprint density at radius 3 is 2.78 bits per heavy atom. The molecule has 0 saturated heterocycles. The highest BCUT2D eigenvalue weighted by molar-refractivity contribution is 6.11. The topological polar surface area (TPSA) is 34.2 Å². The number of hydrogen-bond acceptors (Lipinski definition) is 2. The highest BCUT2D eigenvalue weighted by Gasteiger charge is 2.29. The van der Waals surface area contributed by atoms with E-state index in [1.807, 2.05) is 12.1 Å². The van der Waals surface area contributed by atoms with Gasteiger partial charge in [0.1, 0.15) is 17.1 Å². The minimum atomic E-state index is -0.271. The summed E-state index contributed by atoms with van der Waals surface area (Å²) in [4.78, 5) is 3.57. The highest BCUT2D eigenvalue weighted by atomic mass is 16.5. The minimum absolute atomic E-state index is 0.271. The Labute approximate surface area is 160 Å². The van der Waals surface area contributed by atoms with Crippen LogP contribution in [0.1, 0.15) is 44.7 Å². The number of aromatic nitrogens is 1. The fourth-order valence-electron chi connectivity index (χ4n) is 3.90. The second-order valence-corrected chi connectivity index (χ2v) is 7.96. The summed E-state index contributed by atoms with van der Waals surface area (Å²) in [5.74, 6) is 1.85. The van der Waals surface area contributed by atoms with Crippen LogP contribution in [-0.4, -0.2) is 17.7 Å². The first kappa shape index (κ1) is 17.7. The molecule has 3 nitrogen and oxygen atoms in total. The molecule has 1 atom stereocenters.